The van der Waals surface area contributed by atoms with Crippen molar-refractivity contribution in [3.8, 4) is 0 Å². The second kappa shape index (κ2) is 9.50. The summed E-state index contributed by atoms with van der Waals surface area (Å²) in [5.74, 6) is -1.14. The Morgan fingerprint density at radius 3 is 2.17 bits per heavy atom. The Hall–Kier alpha value is -0.790. The lowest BCUT2D eigenvalue weighted by molar-refractivity contribution is -0.258. The van der Waals surface area contributed by atoms with E-state index in [1.807, 2.05) is 44.2 Å². The fraction of sp³-hybridized carbons (Fsp3) is 0.778. The van der Waals surface area contributed by atoms with Gasteiger partial charge < -0.3 is 28.2 Å². The fourth-order valence-corrected chi connectivity index (χ4v) is 8.64. The van der Waals surface area contributed by atoms with E-state index in [1.165, 1.54) is 12.8 Å². The van der Waals surface area contributed by atoms with E-state index >= 15 is 0 Å². The third-order valence-electron chi connectivity index (χ3n) is 8.44. The molecule has 1 aromatic carbocycles. The summed E-state index contributed by atoms with van der Waals surface area (Å²) in [6.07, 6.45) is 7.94. The molecular weight excluding hydrogens is 467 g/mol. The highest BCUT2D eigenvalue weighted by atomic mass is 31.2. The van der Waals surface area contributed by atoms with Crippen LogP contribution in [0.2, 0.25) is 0 Å². The quantitative estimate of drug-likeness (QED) is 0.505. The molecule has 3 heterocycles. The van der Waals surface area contributed by atoms with Crippen LogP contribution in [0.5, 0.6) is 0 Å². The van der Waals surface area contributed by atoms with Gasteiger partial charge in [0.25, 0.3) is 0 Å². The van der Waals surface area contributed by atoms with Gasteiger partial charge in [-0.1, -0.05) is 44.9 Å². The van der Waals surface area contributed by atoms with Crippen LogP contribution >= 0.6 is 7.37 Å². The van der Waals surface area contributed by atoms with Crippen molar-refractivity contribution in [3.05, 3.63) is 30.3 Å². The topological polar surface area (TPSA) is 72.5 Å². The molecular formula is C27H39O7P. The maximum atomic E-state index is 14.4. The lowest BCUT2D eigenvalue weighted by Crippen LogP contribution is -2.46. The SMILES string of the molecule is CC(C)[P@@](=O)(O[C@@H]1[C@H]2OC3(CCCCC3)O[C@H]2O[C@@H]1[C@@H]1COC2(CCCCC2)O1)c1ccccc1. The Kier molecular flexibility index (Phi) is 6.66. The Labute approximate surface area is 208 Å². The molecule has 3 aliphatic heterocycles. The minimum atomic E-state index is -3.22. The highest BCUT2D eigenvalue weighted by Crippen LogP contribution is 2.56. The minimum Gasteiger partial charge on any atom is -0.347 e. The Bertz CT molecular complexity index is 925. The number of hydrogen-bond acceptors (Lipinski definition) is 7. The molecule has 5 aliphatic rings. The second-order valence-corrected chi connectivity index (χ2v) is 14.1. The Balaban J connectivity index is 1.29. The smallest absolute Gasteiger partial charge is 0.235 e. The highest BCUT2D eigenvalue weighted by Gasteiger charge is 2.63. The molecule has 2 saturated carbocycles. The van der Waals surface area contributed by atoms with Gasteiger partial charge in [-0.05, 0) is 37.8 Å². The summed E-state index contributed by atoms with van der Waals surface area (Å²) < 4.78 is 53.5. The fourth-order valence-electron chi connectivity index (χ4n) is 6.49. The molecule has 1 aromatic rings. The highest BCUT2D eigenvalue weighted by molar-refractivity contribution is 7.67. The van der Waals surface area contributed by atoms with Gasteiger partial charge >= 0.3 is 0 Å². The van der Waals surface area contributed by atoms with E-state index in [9.17, 15) is 4.57 Å². The van der Waals surface area contributed by atoms with Crippen LogP contribution in [0.3, 0.4) is 0 Å². The molecule has 6 rings (SSSR count). The zero-order valence-electron chi connectivity index (χ0n) is 20.9. The monoisotopic (exact) mass is 506 g/mol. The van der Waals surface area contributed by atoms with Crippen molar-refractivity contribution >= 4 is 12.7 Å². The standard InChI is InChI=1S/C27H39O7P/c1-19(2)35(28,20-12-6-3-7-13-20)34-23-22(21-18-29-26(31-21)14-8-4-9-15-26)30-25-24(23)32-27(33-25)16-10-5-11-17-27/h3,6-7,12-13,19,21-25H,4-5,8-11,14-18H2,1-2H3/t21-,22+,23-,24+,25+,35+/m0/s1. The van der Waals surface area contributed by atoms with Crippen LogP contribution in [0.15, 0.2) is 30.3 Å². The summed E-state index contributed by atoms with van der Waals surface area (Å²) in [7, 11) is -3.22. The van der Waals surface area contributed by atoms with Crippen LogP contribution in [0.4, 0.5) is 0 Å². The molecule has 0 radical (unpaired) electrons. The summed E-state index contributed by atoms with van der Waals surface area (Å²) in [6.45, 7) is 4.35. The van der Waals surface area contributed by atoms with Crippen LogP contribution in [0, 0.1) is 0 Å². The lowest BCUT2D eigenvalue weighted by atomic mass is 9.94. The second-order valence-electron chi connectivity index (χ2n) is 11.2. The first-order valence-electron chi connectivity index (χ1n) is 13.6. The normalized spacial score (nSPS) is 37.6. The molecule has 0 bridgehead atoms. The molecule has 6 atom stereocenters. The summed E-state index contributed by atoms with van der Waals surface area (Å²) in [4.78, 5) is 0. The predicted molar refractivity (Wildman–Crippen MR) is 131 cm³/mol. The van der Waals surface area contributed by atoms with E-state index < -0.39 is 43.5 Å². The molecule has 0 amide bonds. The molecule has 2 spiro atoms. The molecule has 0 aromatic heterocycles. The van der Waals surface area contributed by atoms with E-state index in [2.05, 4.69) is 0 Å². The van der Waals surface area contributed by atoms with Crippen LogP contribution in [-0.4, -0.2) is 54.5 Å². The van der Waals surface area contributed by atoms with Gasteiger partial charge in [0.15, 0.2) is 17.9 Å². The van der Waals surface area contributed by atoms with Crippen molar-refractivity contribution in [1.29, 1.82) is 0 Å². The van der Waals surface area contributed by atoms with Gasteiger partial charge in [-0.2, -0.15) is 0 Å². The first kappa shape index (κ1) is 24.5. The number of rotatable bonds is 5. The van der Waals surface area contributed by atoms with Crippen molar-refractivity contribution in [1.82, 2.24) is 0 Å². The maximum absolute atomic E-state index is 14.4. The first-order valence-corrected chi connectivity index (χ1v) is 15.3. The van der Waals surface area contributed by atoms with Gasteiger partial charge in [-0.3, -0.25) is 4.57 Å². The minimum absolute atomic E-state index is 0.194. The molecule has 5 fully saturated rings. The Morgan fingerprint density at radius 2 is 1.51 bits per heavy atom. The molecule has 8 heteroatoms. The predicted octanol–water partition coefficient (Wildman–Crippen LogP) is 5.26. The van der Waals surface area contributed by atoms with Crippen molar-refractivity contribution in [2.45, 2.75) is 126 Å². The van der Waals surface area contributed by atoms with E-state index in [1.54, 1.807) is 0 Å². The molecule has 7 nitrogen and oxygen atoms in total. The van der Waals surface area contributed by atoms with Gasteiger partial charge in [0, 0.05) is 36.6 Å². The third kappa shape index (κ3) is 4.46. The van der Waals surface area contributed by atoms with E-state index in [0.29, 0.717) is 6.61 Å². The zero-order valence-corrected chi connectivity index (χ0v) is 21.8. The first-order chi connectivity index (χ1) is 16.9. The van der Waals surface area contributed by atoms with Crippen molar-refractivity contribution in [2.24, 2.45) is 0 Å². The van der Waals surface area contributed by atoms with Crippen molar-refractivity contribution < 1.29 is 32.8 Å². The summed E-state index contributed by atoms with van der Waals surface area (Å²) in [5, 5.41) is 0.718. The molecule has 2 aliphatic carbocycles. The third-order valence-corrected chi connectivity index (χ3v) is 11.4. The number of benzene rings is 1. The van der Waals surface area contributed by atoms with E-state index in [-0.39, 0.29) is 11.8 Å². The van der Waals surface area contributed by atoms with Crippen molar-refractivity contribution in [3.63, 3.8) is 0 Å². The van der Waals surface area contributed by atoms with Gasteiger partial charge in [-0.25, -0.2) is 0 Å². The molecule has 35 heavy (non-hydrogen) atoms. The van der Waals surface area contributed by atoms with Gasteiger partial charge in [0.1, 0.15) is 24.4 Å². The van der Waals surface area contributed by atoms with E-state index in [0.717, 1.165) is 56.7 Å². The van der Waals surface area contributed by atoms with Crippen LogP contribution in [0.25, 0.3) is 0 Å². The van der Waals surface area contributed by atoms with Gasteiger partial charge in [0.05, 0.1) is 6.61 Å². The number of fused-ring (bicyclic) bond motifs is 1. The van der Waals surface area contributed by atoms with Crippen LogP contribution in [-0.2, 0) is 32.8 Å². The zero-order chi connectivity index (χ0) is 24.1. The molecule has 3 saturated heterocycles. The van der Waals surface area contributed by atoms with E-state index in [4.69, 9.17) is 28.2 Å². The van der Waals surface area contributed by atoms with Crippen LogP contribution in [0.1, 0.15) is 78.1 Å². The lowest BCUT2D eigenvalue weighted by Gasteiger charge is -2.37. The molecule has 0 unspecified atom stereocenters. The number of hydrogen-bond donors (Lipinski definition) is 0. The van der Waals surface area contributed by atoms with Crippen molar-refractivity contribution in [2.75, 3.05) is 6.61 Å². The largest absolute Gasteiger partial charge is 0.347 e. The summed E-state index contributed by atoms with van der Waals surface area (Å²) in [5.41, 5.74) is -0.194. The maximum Gasteiger partial charge on any atom is 0.235 e. The van der Waals surface area contributed by atoms with Gasteiger partial charge in [-0.15, -0.1) is 0 Å². The molecule has 194 valence electrons. The summed E-state index contributed by atoms with van der Waals surface area (Å²) >= 11 is 0. The molecule has 0 N–H and O–H groups in total. The summed E-state index contributed by atoms with van der Waals surface area (Å²) in [6, 6.07) is 9.53. The van der Waals surface area contributed by atoms with Crippen LogP contribution < -0.4 is 5.30 Å². The van der Waals surface area contributed by atoms with Gasteiger partial charge in [0.2, 0.25) is 7.37 Å². The average molecular weight is 507 g/mol. The average Bonchev–Trinajstić information content (AvgIpc) is 3.52. The Morgan fingerprint density at radius 1 is 0.857 bits per heavy atom. The number of ether oxygens (including phenoxy) is 5.